The Bertz CT molecular complexity index is 3480. The number of anilines is 3. The number of methoxy groups -OCH3 is 4. The predicted molar refractivity (Wildman–Crippen MR) is 321 cm³/mol. The summed E-state index contributed by atoms with van der Waals surface area (Å²) in [5.74, 6) is 1.24. The molecule has 4 aliphatic heterocycles. The van der Waals surface area contributed by atoms with Gasteiger partial charge in [0.15, 0.2) is 11.6 Å². The van der Waals surface area contributed by atoms with Gasteiger partial charge in [-0.15, -0.1) is 0 Å². The number of hydrogen-bond acceptors (Lipinski definition) is 15. The normalized spacial score (nSPS) is 18.5. The summed E-state index contributed by atoms with van der Waals surface area (Å²) in [5.41, 5.74) is 2.15. The zero-order valence-electron chi connectivity index (χ0n) is 48.4. The first kappa shape index (κ1) is 58.6. The van der Waals surface area contributed by atoms with Gasteiger partial charge >= 0.3 is 12.3 Å². The Morgan fingerprint density at radius 2 is 1.32 bits per heavy atom. The van der Waals surface area contributed by atoms with Crippen LogP contribution in [0.4, 0.5) is 34.9 Å². The highest BCUT2D eigenvalue weighted by molar-refractivity contribution is 6.38. The van der Waals surface area contributed by atoms with Crippen LogP contribution in [-0.4, -0.2) is 106 Å². The average Bonchev–Trinajstić information content (AvgIpc) is 1.95. The van der Waals surface area contributed by atoms with Gasteiger partial charge in [0.25, 0.3) is 0 Å². The third-order valence-electron chi connectivity index (χ3n) is 16.3. The number of morpholine rings is 1. The van der Waals surface area contributed by atoms with Gasteiger partial charge in [-0.05, 0) is 115 Å². The number of ether oxygens (including phenoxy) is 7. The molecule has 4 aliphatic rings. The highest BCUT2D eigenvalue weighted by Crippen LogP contribution is 2.51. The molecule has 15 nitrogen and oxygen atoms in total. The molecule has 0 unspecified atom stereocenters. The van der Waals surface area contributed by atoms with Gasteiger partial charge < -0.3 is 48.3 Å². The molecule has 11 rings (SSSR count). The summed E-state index contributed by atoms with van der Waals surface area (Å²) in [7, 11) is 6.38. The average molecular weight is 1180 g/mol. The summed E-state index contributed by atoms with van der Waals surface area (Å²) in [5, 5.41) is 2.85. The minimum absolute atomic E-state index is 0.000910. The molecule has 20 heteroatoms. The SMILES string of the molecule is COc1ccc(CN(Cc2ccc(OC)cc2)c2cc(C)c(C(F)(F)F)c(-c3c(F)c4c5c(c3Cl)NCN=C5[C@@H]([C@H](C)c3cccnc3N(Cc3ccc(OC)cc3)Cc3ccc(OC)cc3)N=C(OC[C@@H]3CC[C@H]5CO[C@H](C)CN35)O4)n2)cc1. The lowest BCUT2D eigenvalue weighted by Crippen LogP contribution is -2.49. The maximum atomic E-state index is 18.7. The molecular formula is C65H67ClF4N8O7. The smallest absolute Gasteiger partial charge is 0.418 e. The molecule has 6 heterocycles. The van der Waals surface area contributed by atoms with E-state index in [2.05, 4.69) is 15.1 Å². The van der Waals surface area contributed by atoms with Gasteiger partial charge in [-0.1, -0.05) is 73.1 Å². The van der Waals surface area contributed by atoms with Crippen molar-refractivity contribution >= 4 is 40.7 Å². The number of halogens is 5. The number of hydrogen-bond donors (Lipinski definition) is 1. The van der Waals surface area contributed by atoms with Crippen LogP contribution in [0, 0.1) is 12.7 Å². The lowest BCUT2D eigenvalue weighted by molar-refractivity contribution is -0.137. The Morgan fingerprint density at radius 1 is 0.765 bits per heavy atom. The van der Waals surface area contributed by atoms with Crippen LogP contribution in [0.3, 0.4) is 0 Å². The lowest BCUT2D eigenvalue weighted by Gasteiger charge is -2.37. The van der Waals surface area contributed by atoms with Gasteiger partial charge in [0, 0.05) is 62.5 Å². The van der Waals surface area contributed by atoms with Gasteiger partial charge in [0.1, 0.15) is 54.0 Å². The summed E-state index contributed by atoms with van der Waals surface area (Å²) in [6.07, 6.45) is -1.89. The van der Waals surface area contributed by atoms with Crippen molar-refractivity contribution in [2.24, 2.45) is 9.98 Å². The summed E-state index contributed by atoms with van der Waals surface area (Å²) < 4.78 is 107. The fourth-order valence-corrected chi connectivity index (χ4v) is 12.2. The maximum Gasteiger partial charge on any atom is 0.418 e. The number of benzene rings is 5. The van der Waals surface area contributed by atoms with Crippen LogP contribution >= 0.6 is 11.6 Å². The van der Waals surface area contributed by atoms with Gasteiger partial charge in [0.05, 0.1) is 80.0 Å². The largest absolute Gasteiger partial charge is 0.497 e. The molecule has 2 aromatic heterocycles. The van der Waals surface area contributed by atoms with E-state index in [-0.39, 0.29) is 84.0 Å². The van der Waals surface area contributed by atoms with Crippen LogP contribution in [0.5, 0.6) is 28.7 Å². The Labute approximate surface area is 497 Å². The molecule has 0 saturated carbocycles. The monoisotopic (exact) mass is 1180 g/mol. The third-order valence-corrected chi connectivity index (χ3v) is 16.7. The van der Waals surface area contributed by atoms with Gasteiger partial charge in [-0.2, -0.15) is 13.2 Å². The first-order valence-corrected chi connectivity index (χ1v) is 28.6. The van der Waals surface area contributed by atoms with E-state index in [1.165, 1.54) is 13.0 Å². The highest BCUT2D eigenvalue weighted by atomic mass is 35.5. The minimum atomic E-state index is -5.02. The number of nitrogens with one attached hydrogen (secondary N) is 1. The number of alkyl halides is 3. The van der Waals surface area contributed by atoms with E-state index >= 15 is 17.6 Å². The van der Waals surface area contributed by atoms with Crippen LogP contribution in [0.15, 0.2) is 131 Å². The van der Waals surface area contributed by atoms with Gasteiger partial charge in [-0.3, -0.25) is 9.89 Å². The van der Waals surface area contributed by atoms with E-state index in [1.807, 2.05) is 104 Å². The number of aliphatic imine (C=N–C) groups is 2. The number of aromatic nitrogens is 2. The molecule has 1 N–H and O–H groups in total. The van der Waals surface area contributed by atoms with Crippen LogP contribution in [0.1, 0.15) is 77.1 Å². The first-order valence-electron chi connectivity index (χ1n) is 28.3. The zero-order chi connectivity index (χ0) is 59.5. The summed E-state index contributed by atoms with van der Waals surface area (Å²) in [4.78, 5) is 26.4. The topological polar surface area (TPSA) is 137 Å². The lowest BCUT2D eigenvalue weighted by atomic mass is 9.85. The van der Waals surface area contributed by atoms with Crippen molar-refractivity contribution < 1.29 is 50.7 Å². The molecule has 0 bridgehead atoms. The second kappa shape index (κ2) is 25.2. The van der Waals surface area contributed by atoms with Crippen LogP contribution in [0.25, 0.3) is 11.3 Å². The number of nitrogens with zero attached hydrogens (tertiary/aromatic N) is 7. The summed E-state index contributed by atoms with van der Waals surface area (Å²) in [6.45, 7) is 7.95. The molecule has 2 fully saturated rings. The second-order valence-electron chi connectivity index (χ2n) is 21.8. The second-order valence-corrected chi connectivity index (χ2v) is 22.1. The fourth-order valence-electron chi connectivity index (χ4n) is 11.9. The van der Waals surface area contributed by atoms with Crippen LogP contribution in [-0.2, 0) is 41.8 Å². The summed E-state index contributed by atoms with van der Waals surface area (Å²) in [6, 6.07) is 34.8. The van der Waals surface area contributed by atoms with Crippen molar-refractivity contribution in [2.75, 3.05) is 70.0 Å². The molecule has 0 spiro atoms. The van der Waals surface area contributed by atoms with E-state index in [1.54, 1.807) is 58.9 Å². The predicted octanol–water partition coefficient (Wildman–Crippen LogP) is 13.1. The van der Waals surface area contributed by atoms with Crippen molar-refractivity contribution in [3.8, 4) is 40.0 Å². The van der Waals surface area contributed by atoms with Crippen molar-refractivity contribution in [1.29, 1.82) is 0 Å². The van der Waals surface area contributed by atoms with E-state index in [4.69, 9.17) is 64.7 Å². The van der Waals surface area contributed by atoms with E-state index < -0.39 is 46.5 Å². The standard InChI is InChI=1S/C65H67ClF4N8O7/c1-38-29-52(76(31-41-10-20-47(79-4)21-11-41)32-42-12-22-48(80-5)23-13-42)74-59(55(38)65(68,69)70)53-56(66)60-54-61(73-37-72-60)58(75-64(85-62(54)57(53)67)84-36-46-19-18-45-35-83-39(2)30-78(45)46)40(3)51-9-8-28-71-63(51)77(33-43-14-24-49(81-6)25-15-43)34-44-16-26-50(82-7)27-17-44/h8-17,20-29,39-40,45-46,58,72H,18-19,30-37H2,1-7H3/t39-,40-,45+,46+,58-/m1/s1. The molecule has 2 saturated heterocycles. The van der Waals surface area contributed by atoms with Crippen LogP contribution < -0.4 is 38.8 Å². The zero-order valence-corrected chi connectivity index (χ0v) is 49.1. The Kier molecular flexibility index (Phi) is 17.4. The number of rotatable bonds is 19. The van der Waals surface area contributed by atoms with Crippen molar-refractivity contribution in [1.82, 2.24) is 14.9 Å². The number of aryl methyl sites for hydroxylation is 1. The molecule has 5 atom stereocenters. The Balaban J connectivity index is 1.04. The van der Waals surface area contributed by atoms with Crippen molar-refractivity contribution in [3.63, 3.8) is 0 Å². The van der Waals surface area contributed by atoms with Crippen molar-refractivity contribution in [3.05, 3.63) is 177 Å². The van der Waals surface area contributed by atoms with E-state index in [9.17, 15) is 0 Å². The number of pyridine rings is 2. The summed E-state index contributed by atoms with van der Waals surface area (Å²) >= 11 is 7.45. The molecule has 7 aromatic rings. The quantitative estimate of drug-likeness (QED) is 0.0770. The molecule has 5 aromatic carbocycles. The number of fused-ring (bicyclic) bond motifs is 1. The molecule has 444 valence electrons. The maximum absolute atomic E-state index is 18.7. The third kappa shape index (κ3) is 12.5. The van der Waals surface area contributed by atoms with Gasteiger partial charge in [-0.25, -0.2) is 19.4 Å². The fraction of sp³-hybridized carbons (Fsp3) is 0.354. The minimum Gasteiger partial charge on any atom is -0.497 e. The Hall–Kier alpha value is -8.13. The van der Waals surface area contributed by atoms with E-state index in [0.29, 0.717) is 43.6 Å². The van der Waals surface area contributed by atoms with Gasteiger partial charge in [0.2, 0.25) is 0 Å². The van der Waals surface area contributed by atoms with Crippen LogP contribution in [0.2, 0.25) is 5.02 Å². The highest BCUT2D eigenvalue weighted by Gasteiger charge is 2.45. The molecule has 0 amide bonds. The molecule has 85 heavy (non-hydrogen) atoms. The molecule has 0 radical (unpaired) electrons. The van der Waals surface area contributed by atoms with E-state index in [0.717, 1.165) is 52.2 Å². The Morgan fingerprint density at radius 3 is 1.86 bits per heavy atom. The first-order chi connectivity index (χ1) is 41.1. The van der Waals surface area contributed by atoms with Crippen molar-refractivity contribution in [2.45, 2.75) is 96.1 Å². The molecular weight excluding hydrogens is 1120 g/mol. The molecule has 0 aliphatic carbocycles.